The predicted molar refractivity (Wildman–Crippen MR) is 83.9 cm³/mol. The van der Waals surface area contributed by atoms with Crippen molar-refractivity contribution in [3.05, 3.63) is 53.9 Å². The van der Waals surface area contributed by atoms with Gasteiger partial charge in [0.05, 0.1) is 14.9 Å². The van der Waals surface area contributed by atoms with Gasteiger partial charge in [0.1, 0.15) is 5.82 Å². The van der Waals surface area contributed by atoms with Crippen LogP contribution in [0.5, 0.6) is 0 Å². The standard InChI is InChI=1S/C12H7Br2Cl2FS/c1-5-4-18-12(11(5)16)10(14)6-2-8(15)7(13)3-9(6)17/h2-4,10H,1H3. The molecule has 96 valence electrons. The predicted octanol–water partition coefficient (Wildman–Crippen LogP) is 6.75. The van der Waals surface area contributed by atoms with Gasteiger partial charge in [-0.05, 0) is 45.9 Å². The molecule has 0 spiro atoms. The molecule has 0 amide bonds. The molecule has 1 aromatic carbocycles. The van der Waals surface area contributed by atoms with Crippen molar-refractivity contribution in [2.24, 2.45) is 0 Å². The summed E-state index contributed by atoms with van der Waals surface area (Å²) in [6.07, 6.45) is 0. The number of rotatable bonds is 2. The second kappa shape index (κ2) is 5.80. The summed E-state index contributed by atoms with van der Waals surface area (Å²) >= 11 is 20.4. The average molecular weight is 433 g/mol. The van der Waals surface area contributed by atoms with Crippen molar-refractivity contribution in [2.75, 3.05) is 0 Å². The molecule has 0 aliphatic carbocycles. The molecule has 1 atom stereocenters. The molecular formula is C12H7Br2Cl2FS. The van der Waals surface area contributed by atoms with Crippen LogP contribution in [-0.2, 0) is 0 Å². The summed E-state index contributed by atoms with van der Waals surface area (Å²) in [7, 11) is 0. The van der Waals surface area contributed by atoms with E-state index in [0.29, 0.717) is 20.1 Å². The third-order valence-corrected chi connectivity index (χ3v) is 6.70. The maximum Gasteiger partial charge on any atom is 0.129 e. The van der Waals surface area contributed by atoms with Crippen molar-refractivity contribution in [2.45, 2.75) is 11.8 Å². The van der Waals surface area contributed by atoms with Crippen LogP contribution < -0.4 is 0 Å². The Hall–Kier alpha value is 0.390. The molecule has 2 aromatic rings. The Morgan fingerprint density at radius 2 is 2.00 bits per heavy atom. The number of alkyl halides is 1. The lowest BCUT2D eigenvalue weighted by Gasteiger charge is -2.11. The molecule has 0 nitrogen and oxygen atoms in total. The zero-order chi connectivity index (χ0) is 13.4. The first-order valence-corrected chi connectivity index (χ1v) is 8.28. The van der Waals surface area contributed by atoms with Gasteiger partial charge in [-0.25, -0.2) is 4.39 Å². The van der Waals surface area contributed by atoms with Crippen LogP contribution in [0.1, 0.15) is 20.8 Å². The van der Waals surface area contributed by atoms with Crippen molar-refractivity contribution >= 4 is 66.4 Å². The molecule has 2 rings (SSSR count). The Bertz CT molecular complexity index is 598. The van der Waals surface area contributed by atoms with Gasteiger partial charge in [0.25, 0.3) is 0 Å². The molecule has 0 fully saturated rings. The third-order valence-electron chi connectivity index (χ3n) is 2.47. The molecule has 0 saturated carbocycles. The smallest absolute Gasteiger partial charge is 0.129 e. The number of hydrogen-bond donors (Lipinski definition) is 0. The highest BCUT2D eigenvalue weighted by molar-refractivity contribution is 9.10. The zero-order valence-corrected chi connectivity index (χ0v) is 14.6. The first kappa shape index (κ1) is 14.8. The number of thiophene rings is 1. The van der Waals surface area contributed by atoms with E-state index in [2.05, 4.69) is 31.9 Å². The van der Waals surface area contributed by atoms with Crippen molar-refractivity contribution in [1.29, 1.82) is 0 Å². The van der Waals surface area contributed by atoms with E-state index in [9.17, 15) is 4.39 Å². The summed E-state index contributed by atoms with van der Waals surface area (Å²) in [5.74, 6) is -0.324. The topological polar surface area (TPSA) is 0 Å². The van der Waals surface area contributed by atoms with E-state index in [0.717, 1.165) is 10.4 Å². The van der Waals surface area contributed by atoms with Gasteiger partial charge in [0.15, 0.2) is 0 Å². The molecule has 6 heteroatoms. The highest BCUT2D eigenvalue weighted by atomic mass is 79.9. The van der Waals surface area contributed by atoms with Crippen molar-refractivity contribution in [1.82, 2.24) is 0 Å². The number of aryl methyl sites for hydroxylation is 1. The van der Waals surface area contributed by atoms with E-state index in [-0.39, 0.29) is 10.6 Å². The van der Waals surface area contributed by atoms with E-state index >= 15 is 0 Å². The van der Waals surface area contributed by atoms with Crippen LogP contribution in [0.25, 0.3) is 0 Å². The van der Waals surface area contributed by atoms with Crippen LogP contribution in [0.3, 0.4) is 0 Å². The Labute approximate surface area is 135 Å². The summed E-state index contributed by atoms with van der Waals surface area (Å²) in [5.41, 5.74) is 1.47. The lowest BCUT2D eigenvalue weighted by molar-refractivity contribution is 0.613. The number of hydrogen-bond acceptors (Lipinski definition) is 1. The minimum Gasteiger partial charge on any atom is -0.207 e. The van der Waals surface area contributed by atoms with Crippen LogP contribution in [0, 0.1) is 12.7 Å². The fourth-order valence-corrected chi connectivity index (χ4v) is 4.31. The average Bonchev–Trinajstić information content (AvgIpc) is 2.64. The van der Waals surface area contributed by atoms with E-state index in [1.807, 2.05) is 12.3 Å². The largest absolute Gasteiger partial charge is 0.207 e. The Morgan fingerprint density at radius 3 is 2.56 bits per heavy atom. The first-order chi connectivity index (χ1) is 8.41. The summed E-state index contributed by atoms with van der Waals surface area (Å²) in [5, 5.41) is 3.09. The lowest BCUT2D eigenvalue weighted by Crippen LogP contribution is -1.96. The Kier molecular flexibility index (Phi) is 4.76. The van der Waals surface area contributed by atoms with Crippen LogP contribution in [0.2, 0.25) is 10.0 Å². The summed E-state index contributed by atoms with van der Waals surface area (Å²) in [4.78, 5) is 0.584. The number of halogens is 5. The highest BCUT2D eigenvalue weighted by Gasteiger charge is 2.21. The van der Waals surface area contributed by atoms with Gasteiger partial charge >= 0.3 is 0 Å². The molecule has 1 heterocycles. The highest BCUT2D eigenvalue weighted by Crippen LogP contribution is 2.42. The van der Waals surface area contributed by atoms with Crippen LogP contribution >= 0.6 is 66.4 Å². The molecule has 0 bridgehead atoms. The van der Waals surface area contributed by atoms with Crippen LogP contribution in [0.4, 0.5) is 4.39 Å². The first-order valence-electron chi connectivity index (χ1n) is 4.93. The van der Waals surface area contributed by atoms with E-state index < -0.39 is 0 Å². The van der Waals surface area contributed by atoms with Gasteiger partial charge in [0.2, 0.25) is 0 Å². The quantitative estimate of drug-likeness (QED) is 0.363. The minimum absolute atomic E-state index is 0.297. The minimum atomic E-state index is -0.324. The van der Waals surface area contributed by atoms with Gasteiger partial charge in [-0.2, -0.15) is 0 Å². The fourth-order valence-electron chi connectivity index (χ4n) is 1.49. The SMILES string of the molecule is Cc1csc(C(Br)c2cc(Cl)c(Br)cc2F)c1Cl. The van der Waals surface area contributed by atoms with Gasteiger partial charge in [-0.15, -0.1) is 11.3 Å². The molecule has 18 heavy (non-hydrogen) atoms. The second-order valence-electron chi connectivity index (χ2n) is 3.75. The van der Waals surface area contributed by atoms with Gasteiger partial charge < -0.3 is 0 Å². The van der Waals surface area contributed by atoms with Crippen LogP contribution in [0.15, 0.2) is 22.0 Å². The van der Waals surface area contributed by atoms with Crippen molar-refractivity contribution < 1.29 is 4.39 Å². The maximum absolute atomic E-state index is 13.9. The van der Waals surface area contributed by atoms with Crippen LogP contribution in [-0.4, -0.2) is 0 Å². The van der Waals surface area contributed by atoms with E-state index in [4.69, 9.17) is 23.2 Å². The molecule has 0 radical (unpaired) electrons. The van der Waals surface area contributed by atoms with Gasteiger partial charge in [-0.3, -0.25) is 0 Å². The fraction of sp³-hybridized carbons (Fsp3) is 0.167. The summed E-state index contributed by atoms with van der Waals surface area (Å²) < 4.78 is 14.5. The lowest BCUT2D eigenvalue weighted by atomic mass is 10.1. The number of benzene rings is 1. The summed E-state index contributed by atoms with van der Waals surface area (Å²) in [6.45, 7) is 1.92. The van der Waals surface area contributed by atoms with Gasteiger partial charge in [-0.1, -0.05) is 39.1 Å². The summed E-state index contributed by atoms with van der Waals surface area (Å²) in [6, 6.07) is 2.96. The molecule has 1 unspecified atom stereocenters. The zero-order valence-electron chi connectivity index (χ0n) is 9.11. The second-order valence-corrected chi connectivity index (χ2v) is 7.21. The molecular weight excluding hydrogens is 426 g/mol. The van der Waals surface area contributed by atoms with Crippen molar-refractivity contribution in [3.63, 3.8) is 0 Å². The normalized spacial score (nSPS) is 12.8. The molecule has 0 N–H and O–H groups in total. The maximum atomic E-state index is 13.9. The molecule has 0 aliphatic rings. The Balaban J connectivity index is 2.49. The molecule has 0 saturated heterocycles. The molecule has 1 aromatic heterocycles. The van der Waals surface area contributed by atoms with Gasteiger partial charge in [0, 0.05) is 14.9 Å². The van der Waals surface area contributed by atoms with E-state index in [1.165, 1.54) is 17.4 Å². The Morgan fingerprint density at radius 1 is 1.33 bits per heavy atom. The van der Waals surface area contributed by atoms with Crippen molar-refractivity contribution in [3.8, 4) is 0 Å². The molecule has 0 aliphatic heterocycles. The monoisotopic (exact) mass is 430 g/mol. The third kappa shape index (κ3) is 2.78. The van der Waals surface area contributed by atoms with E-state index in [1.54, 1.807) is 6.07 Å².